The van der Waals surface area contributed by atoms with Gasteiger partial charge in [0.1, 0.15) is 5.75 Å². The number of hydrogen-bond donors (Lipinski definition) is 1. The second-order valence-electron chi connectivity index (χ2n) is 4.80. The lowest BCUT2D eigenvalue weighted by Gasteiger charge is -2.18. The SMILES string of the molecule is Brc1ccc2c(c1)OCCCC2NCc1sccc1Br. The smallest absolute Gasteiger partial charge is 0.125 e. The quantitative estimate of drug-likeness (QED) is 0.735. The monoisotopic (exact) mass is 415 g/mol. The summed E-state index contributed by atoms with van der Waals surface area (Å²) >= 11 is 8.88. The summed E-state index contributed by atoms with van der Waals surface area (Å²) in [6, 6.07) is 8.77. The summed E-state index contributed by atoms with van der Waals surface area (Å²) in [5.41, 5.74) is 1.26. The fourth-order valence-electron chi connectivity index (χ4n) is 2.43. The Morgan fingerprint density at radius 1 is 1.30 bits per heavy atom. The highest BCUT2D eigenvalue weighted by Crippen LogP contribution is 2.34. The van der Waals surface area contributed by atoms with E-state index >= 15 is 0 Å². The predicted molar refractivity (Wildman–Crippen MR) is 90.5 cm³/mol. The van der Waals surface area contributed by atoms with Crippen LogP contribution in [0.4, 0.5) is 0 Å². The van der Waals surface area contributed by atoms with Crippen molar-refractivity contribution in [3.63, 3.8) is 0 Å². The molecule has 0 amide bonds. The van der Waals surface area contributed by atoms with E-state index in [0.29, 0.717) is 6.04 Å². The molecule has 0 fully saturated rings. The maximum atomic E-state index is 5.84. The number of halogens is 2. The molecule has 1 aliphatic rings. The maximum Gasteiger partial charge on any atom is 0.125 e. The molecule has 1 aliphatic heterocycles. The maximum absolute atomic E-state index is 5.84. The number of hydrogen-bond acceptors (Lipinski definition) is 3. The minimum absolute atomic E-state index is 0.356. The van der Waals surface area contributed by atoms with Gasteiger partial charge in [-0.15, -0.1) is 11.3 Å². The Bertz CT molecular complexity index is 599. The van der Waals surface area contributed by atoms with Crippen molar-refractivity contribution in [2.45, 2.75) is 25.4 Å². The van der Waals surface area contributed by atoms with Crippen molar-refractivity contribution in [3.8, 4) is 5.75 Å². The Morgan fingerprint density at radius 3 is 3.00 bits per heavy atom. The molecule has 0 radical (unpaired) electrons. The largest absolute Gasteiger partial charge is 0.493 e. The van der Waals surface area contributed by atoms with Crippen molar-refractivity contribution < 1.29 is 4.74 Å². The summed E-state index contributed by atoms with van der Waals surface area (Å²) in [6.07, 6.45) is 2.19. The molecule has 2 nitrogen and oxygen atoms in total. The van der Waals surface area contributed by atoms with E-state index in [2.05, 4.69) is 66.8 Å². The van der Waals surface area contributed by atoms with Crippen LogP contribution in [0.5, 0.6) is 5.75 Å². The molecule has 1 N–H and O–H groups in total. The highest BCUT2D eigenvalue weighted by Gasteiger charge is 2.19. The first-order valence-corrected chi connectivity index (χ1v) is 9.08. The molecule has 0 aliphatic carbocycles. The average Bonchev–Trinajstić information content (AvgIpc) is 2.73. The first-order chi connectivity index (χ1) is 9.74. The standard InChI is InChI=1S/C15H15Br2NOS/c16-10-3-4-11-13(2-1-6-19-14(11)8-10)18-9-15-12(17)5-7-20-15/h3-5,7-8,13,18H,1-2,6,9H2. The molecule has 0 spiro atoms. The number of fused-ring (bicyclic) bond motifs is 1. The van der Waals surface area contributed by atoms with E-state index in [-0.39, 0.29) is 0 Å². The van der Waals surface area contributed by atoms with Crippen LogP contribution >= 0.6 is 43.2 Å². The zero-order chi connectivity index (χ0) is 13.9. The van der Waals surface area contributed by atoms with E-state index in [0.717, 1.165) is 36.2 Å². The Balaban J connectivity index is 1.78. The van der Waals surface area contributed by atoms with Crippen molar-refractivity contribution in [3.05, 3.63) is 49.0 Å². The molecule has 0 saturated heterocycles. The zero-order valence-electron chi connectivity index (χ0n) is 10.9. The van der Waals surface area contributed by atoms with Crippen molar-refractivity contribution in [2.24, 2.45) is 0 Å². The summed E-state index contributed by atoms with van der Waals surface area (Å²) in [4.78, 5) is 1.34. The van der Waals surface area contributed by atoms with Gasteiger partial charge in [-0.05, 0) is 52.4 Å². The second kappa shape index (κ2) is 6.60. The van der Waals surface area contributed by atoms with Gasteiger partial charge in [0.2, 0.25) is 0 Å². The van der Waals surface area contributed by atoms with Crippen LogP contribution in [0.1, 0.15) is 29.3 Å². The Morgan fingerprint density at radius 2 is 2.20 bits per heavy atom. The first kappa shape index (κ1) is 14.6. The number of rotatable bonds is 3. The van der Waals surface area contributed by atoms with Gasteiger partial charge in [-0.1, -0.05) is 22.0 Å². The van der Waals surface area contributed by atoms with E-state index in [1.54, 1.807) is 11.3 Å². The topological polar surface area (TPSA) is 21.3 Å². The van der Waals surface area contributed by atoms with Gasteiger partial charge in [-0.3, -0.25) is 0 Å². The minimum atomic E-state index is 0.356. The van der Waals surface area contributed by atoms with Gasteiger partial charge >= 0.3 is 0 Å². The Kier molecular flexibility index (Phi) is 4.81. The summed E-state index contributed by atoms with van der Waals surface area (Å²) in [5, 5.41) is 5.78. The van der Waals surface area contributed by atoms with Gasteiger partial charge in [-0.2, -0.15) is 0 Å². The van der Waals surface area contributed by atoms with E-state index in [1.165, 1.54) is 14.9 Å². The third-order valence-electron chi connectivity index (χ3n) is 3.45. The molecule has 2 aromatic rings. The fraction of sp³-hybridized carbons (Fsp3) is 0.333. The molecule has 106 valence electrons. The van der Waals surface area contributed by atoms with Gasteiger partial charge in [-0.25, -0.2) is 0 Å². The highest BCUT2D eigenvalue weighted by molar-refractivity contribution is 9.10. The lowest BCUT2D eigenvalue weighted by molar-refractivity contribution is 0.315. The van der Waals surface area contributed by atoms with Crippen molar-refractivity contribution >= 4 is 43.2 Å². The molecule has 5 heteroatoms. The van der Waals surface area contributed by atoms with Gasteiger partial charge in [0.25, 0.3) is 0 Å². The fourth-order valence-corrected chi connectivity index (χ4v) is 4.21. The van der Waals surface area contributed by atoms with E-state index in [4.69, 9.17) is 4.74 Å². The molecule has 1 aromatic carbocycles. The molecule has 0 saturated carbocycles. The van der Waals surface area contributed by atoms with Gasteiger partial charge in [0.15, 0.2) is 0 Å². The van der Waals surface area contributed by atoms with E-state index in [1.807, 2.05) is 0 Å². The van der Waals surface area contributed by atoms with Crippen LogP contribution in [0, 0.1) is 0 Å². The highest BCUT2D eigenvalue weighted by atomic mass is 79.9. The first-order valence-electron chi connectivity index (χ1n) is 6.61. The zero-order valence-corrected chi connectivity index (χ0v) is 14.9. The van der Waals surface area contributed by atoms with E-state index in [9.17, 15) is 0 Å². The lowest BCUT2D eigenvalue weighted by Crippen LogP contribution is -2.20. The summed E-state index contributed by atoms with van der Waals surface area (Å²) in [5.74, 6) is 1.000. The Hall–Kier alpha value is -0.360. The van der Waals surface area contributed by atoms with Crippen LogP contribution in [0.3, 0.4) is 0 Å². The minimum Gasteiger partial charge on any atom is -0.493 e. The van der Waals surface area contributed by atoms with Crippen LogP contribution in [0.25, 0.3) is 0 Å². The molecule has 0 bridgehead atoms. The number of benzene rings is 1. The molecule has 1 unspecified atom stereocenters. The molecule has 3 rings (SSSR count). The number of nitrogens with one attached hydrogen (secondary N) is 1. The van der Waals surface area contributed by atoms with Crippen molar-refractivity contribution in [2.75, 3.05) is 6.61 Å². The number of thiophene rings is 1. The lowest BCUT2D eigenvalue weighted by atomic mass is 10.0. The van der Waals surface area contributed by atoms with Crippen LogP contribution in [0.15, 0.2) is 38.6 Å². The summed E-state index contributed by atoms with van der Waals surface area (Å²) < 4.78 is 8.10. The van der Waals surface area contributed by atoms with Gasteiger partial charge in [0, 0.05) is 32.0 Å². The van der Waals surface area contributed by atoms with Crippen molar-refractivity contribution in [1.82, 2.24) is 5.32 Å². The van der Waals surface area contributed by atoms with Crippen molar-refractivity contribution in [1.29, 1.82) is 0 Å². The third-order valence-corrected chi connectivity index (χ3v) is 5.87. The van der Waals surface area contributed by atoms with E-state index < -0.39 is 0 Å². The van der Waals surface area contributed by atoms with Crippen LogP contribution in [-0.4, -0.2) is 6.61 Å². The van der Waals surface area contributed by atoms with Crippen LogP contribution in [-0.2, 0) is 6.54 Å². The molecule has 20 heavy (non-hydrogen) atoms. The molecular formula is C15H15Br2NOS. The molecule has 2 heterocycles. The summed E-state index contributed by atoms with van der Waals surface area (Å²) in [6.45, 7) is 1.68. The van der Waals surface area contributed by atoms with Crippen LogP contribution in [0.2, 0.25) is 0 Å². The Labute approximate surface area is 139 Å². The second-order valence-corrected chi connectivity index (χ2v) is 7.57. The predicted octanol–water partition coefficient (Wildman–Crippen LogP) is 5.28. The van der Waals surface area contributed by atoms with Gasteiger partial charge < -0.3 is 10.1 Å². The third kappa shape index (κ3) is 3.27. The summed E-state index contributed by atoms with van der Waals surface area (Å²) in [7, 11) is 0. The van der Waals surface area contributed by atoms with Gasteiger partial charge in [0.05, 0.1) is 6.61 Å². The molecule has 1 aromatic heterocycles. The number of ether oxygens (including phenoxy) is 1. The molecular weight excluding hydrogens is 402 g/mol. The van der Waals surface area contributed by atoms with Crippen LogP contribution < -0.4 is 10.1 Å². The molecule has 1 atom stereocenters. The average molecular weight is 417 g/mol. The normalized spacial score (nSPS) is 18.2.